The Kier molecular flexibility index (Phi) is 7.43. The van der Waals surface area contributed by atoms with E-state index in [1.807, 2.05) is 23.1 Å². The van der Waals surface area contributed by atoms with Crippen LogP contribution in [0.15, 0.2) is 59.8 Å². The summed E-state index contributed by atoms with van der Waals surface area (Å²) in [4.78, 5) is 33.3. The minimum absolute atomic E-state index is 0.00922. The molecule has 2 amide bonds. The number of fused-ring (bicyclic) bond motifs is 1. The lowest BCUT2D eigenvalue weighted by molar-refractivity contribution is -0.131. The second-order valence-corrected chi connectivity index (χ2v) is 8.61. The lowest BCUT2D eigenvalue weighted by Gasteiger charge is -2.36. The molecule has 174 valence electrons. The third-order valence-electron chi connectivity index (χ3n) is 5.53. The molecule has 2 aromatic carbocycles. The molecule has 33 heavy (non-hydrogen) atoms. The number of halogens is 2. The van der Waals surface area contributed by atoms with Gasteiger partial charge in [0.1, 0.15) is 6.54 Å². The fourth-order valence-corrected chi connectivity index (χ4v) is 4.50. The number of hydrogen-bond donors (Lipinski definition) is 1. The first-order chi connectivity index (χ1) is 16.0. The van der Waals surface area contributed by atoms with Gasteiger partial charge in [-0.05, 0) is 36.0 Å². The molecule has 0 aliphatic carbocycles. The van der Waals surface area contributed by atoms with E-state index >= 15 is 0 Å². The van der Waals surface area contributed by atoms with Crippen LogP contribution in [-0.4, -0.2) is 64.7 Å². The van der Waals surface area contributed by atoms with Crippen molar-refractivity contribution in [1.82, 2.24) is 19.8 Å². The van der Waals surface area contributed by atoms with E-state index in [0.717, 1.165) is 18.8 Å². The van der Waals surface area contributed by atoms with E-state index in [0.29, 0.717) is 35.9 Å². The standard InChI is InChI=1S/C23H25F2N5O2S/c24-22(25)33-23-27-18-8-4-5-9-19(18)30(23)16-20(31)26-11-10-21(32)29-14-12-28(13-15-29)17-6-2-1-3-7-17/h1-9,22H,10-16H2,(H,26,31). The Morgan fingerprint density at radius 2 is 1.70 bits per heavy atom. The van der Waals surface area contributed by atoms with E-state index in [1.165, 1.54) is 4.57 Å². The highest BCUT2D eigenvalue weighted by Gasteiger charge is 2.21. The SMILES string of the molecule is O=C(Cn1c(SC(F)F)nc2ccccc21)NCCC(=O)N1CCN(c2ccccc2)CC1. The molecule has 1 saturated heterocycles. The number of piperazine rings is 1. The topological polar surface area (TPSA) is 70.5 Å². The molecule has 1 aromatic heterocycles. The van der Waals surface area contributed by atoms with Gasteiger partial charge in [0, 0.05) is 44.8 Å². The van der Waals surface area contributed by atoms with Gasteiger partial charge in [-0.15, -0.1) is 0 Å². The van der Waals surface area contributed by atoms with Crippen LogP contribution in [0.1, 0.15) is 6.42 Å². The highest BCUT2D eigenvalue weighted by molar-refractivity contribution is 7.99. The molecule has 0 bridgehead atoms. The van der Waals surface area contributed by atoms with E-state index in [4.69, 9.17) is 0 Å². The van der Waals surface area contributed by atoms with Gasteiger partial charge in [-0.2, -0.15) is 8.78 Å². The van der Waals surface area contributed by atoms with Crippen molar-refractivity contribution in [3.8, 4) is 0 Å². The molecule has 10 heteroatoms. The third kappa shape index (κ3) is 5.81. The summed E-state index contributed by atoms with van der Waals surface area (Å²) in [6.45, 7) is 2.86. The normalized spacial score (nSPS) is 14.2. The zero-order chi connectivity index (χ0) is 23.2. The molecule has 0 unspecified atom stereocenters. The second-order valence-electron chi connectivity index (χ2n) is 7.65. The number of benzene rings is 2. The van der Waals surface area contributed by atoms with Crippen molar-refractivity contribution in [3.05, 3.63) is 54.6 Å². The summed E-state index contributed by atoms with van der Waals surface area (Å²) < 4.78 is 27.3. The minimum atomic E-state index is -2.64. The Morgan fingerprint density at radius 1 is 1.00 bits per heavy atom. The molecule has 1 fully saturated rings. The number of rotatable bonds is 8. The largest absolute Gasteiger partial charge is 0.368 e. The average Bonchev–Trinajstić information content (AvgIpc) is 3.16. The van der Waals surface area contributed by atoms with Gasteiger partial charge in [0.2, 0.25) is 11.8 Å². The molecule has 1 aliphatic heterocycles. The maximum atomic E-state index is 12.9. The summed E-state index contributed by atoms with van der Waals surface area (Å²) >= 11 is 0.313. The number of amides is 2. The van der Waals surface area contributed by atoms with E-state index in [-0.39, 0.29) is 36.5 Å². The Bertz CT molecular complexity index is 1100. The van der Waals surface area contributed by atoms with Crippen LogP contribution < -0.4 is 10.2 Å². The Labute approximate surface area is 194 Å². The van der Waals surface area contributed by atoms with Gasteiger partial charge in [0.05, 0.1) is 11.0 Å². The molecule has 0 radical (unpaired) electrons. The van der Waals surface area contributed by atoms with Gasteiger partial charge in [0.25, 0.3) is 5.76 Å². The average molecular weight is 474 g/mol. The van der Waals surface area contributed by atoms with Crippen molar-refractivity contribution in [1.29, 1.82) is 0 Å². The number of thioether (sulfide) groups is 1. The predicted molar refractivity (Wildman–Crippen MR) is 124 cm³/mol. The van der Waals surface area contributed by atoms with Crippen LogP contribution in [0.4, 0.5) is 14.5 Å². The van der Waals surface area contributed by atoms with Crippen LogP contribution in [0.3, 0.4) is 0 Å². The van der Waals surface area contributed by atoms with Crippen molar-refractivity contribution < 1.29 is 18.4 Å². The molecule has 3 aromatic rings. The van der Waals surface area contributed by atoms with E-state index in [2.05, 4.69) is 27.3 Å². The lowest BCUT2D eigenvalue weighted by atomic mass is 10.2. The van der Waals surface area contributed by atoms with Crippen LogP contribution >= 0.6 is 11.8 Å². The quantitative estimate of drug-likeness (QED) is 0.509. The number of nitrogens with one attached hydrogen (secondary N) is 1. The van der Waals surface area contributed by atoms with Crippen LogP contribution in [0.25, 0.3) is 11.0 Å². The van der Waals surface area contributed by atoms with Crippen molar-refractivity contribution >= 4 is 40.3 Å². The van der Waals surface area contributed by atoms with Crippen LogP contribution in [0.5, 0.6) is 0 Å². The molecule has 0 saturated carbocycles. The van der Waals surface area contributed by atoms with Crippen LogP contribution in [0, 0.1) is 0 Å². The fourth-order valence-electron chi connectivity index (χ4n) is 3.90. The molecule has 0 spiro atoms. The highest BCUT2D eigenvalue weighted by atomic mass is 32.2. The number of imidazole rings is 1. The maximum Gasteiger partial charge on any atom is 0.291 e. The molecular formula is C23H25F2N5O2S. The molecule has 1 N–H and O–H groups in total. The first-order valence-electron chi connectivity index (χ1n) is 10.8. The maximum absolute atomic E-state index is 12.9. The number of hydrogen-bond acceptors (Lipinski definition) is 5. The number of nitrogens with zero attached hydrogens (tertiary/aromatic N) is 4. The summed E-state index contributed by atoms with van der Waals surface area (Å²) in [5, 5.41) is 2.82. The van der Waals surface area contributed by atoms with Crippen LogP contribution in [-0.2, 0) is 16.1 Å². The predicted octanol–water partition coefficient (Wildman–Crippen LogP) is 3.21. The molecule has 2 heterocycles. The fraction of sp³-hybridized carbons (Fsp3) is 0.348. The molecule has 0 atom stereocenters. The summed E-state index contributed by atoms with van der Waals surface area (Å²) in [5.41, 5.74) is 2.31. The number of carbonyl (C=O) groups excluding carboxylic acids is 2. The Morgan fingerprint density at radius 3 is 2.42 bits per heavy atom. The van der Waals surface area contributed by atoms with Crippen molar-refractivity contribution in [2.24, 2.45) is 0 Å². The lowest BCUT2D eigenvalue weighted by Crippen LogP contribution is -2.49. The van der Waals surface area contributed by atoms with E-state index < -0.39 is 5.76 Å². The Hall–Kier alpha value is -3.14. The van der Waals surface area contributed by atoms with Gasteiger partial charge in [-0.3, -0.25) is 9.59 Å². The van der Waals surface area contributed by atoms with Gasteiger partial charge in [0.15, 0.2) is 5.16 Å². The van der Waals surface area contributed by atoms with Crippen LogP contribution in [0.2, 0.25) is 0 Å². The van der Waals surface area contributed by atoms with Crippen molar-refractivity contribution in [3.63, 3.8) is 0 Å². The summed E-state index contributed by atoms with van der Waals surface area (Å²) in [6.07, 6.45) is 0.195. The summed E-state index contributed by atoms with van der Waals surface area (Å²) in [6, 6.07) is 17.1. The highest BCUT2D eigenvalue weighted by Crippen LogP contribution is 2.28. The van der Waals surface area contributed by atoms with Gasteiger partial charge >= 0.3 is 0 Å². The first kappa shape index (κ1) is 23.0. The van der Waals surface area contributed by atoms with Gasteiger partial charge in [-0.25, -0.2) is 4.98 Å². The zero-order valence-corrected chi connectivity index (χ0v) is 18.8. The second kappa shape index (κ2) is 10.7. The monoisotopic (exact) mass is 473 g/mol. The summed E-state index contributed by atoms with van der Waals surface area (Å²) in [5.74, 6) is -3.00. The number of anilines is 1. The van der Waals surface area contributed by atoms with Gasteiger partial charge in [-0.1, -0.05) is 30.3 Å². The zero-order valence-electron chi connectivity index (χ0n) is 18.0. The minimum Gasteiger partial charge on any atom is -0.368 e. The van der Waals surface area contributed by atoms with Crippen molar-refractivity contribution in [2.75, 3.05) is 37.6 Å². The number of aromatic nitrogens is 2. The molecule has 4 rings (SSSR count). The smallest absolute Gasteiger partial charge is 0.291 e. The molecule has 7 nitrogen and oxygen atoms in total. The van der Waals surface area contributed by atoms with Crippen molar-refractivity contribution in [2.45, 2.75) is 23.9 Å². The molecule has 1 aliphatic rings. The number of carbonyl (C=O) groups is 2. The summed E-state index contributed by atoms with van der Waals surface area (Å²) in [7, 11) is 0. The van der Waals surface area contributed by atoms with E-state index in [9.17, 15) is 18.4 Å². The number of alkyl halides is 2. The third-order valence-corrected chi connectivity index (χ3v) is 6.23. The van der Waals surface area contributed by atoms with Gasteiger partial charge < -0.3 is 19.7 Å². The molecular weight excluding hydrogens is 448 g/mol. The first-order valence-corrected chi connectivity index (χ1v) is 11.6. The number of para-hydroxylation sites is 3. The Balaban J connectivity index is 1.26. The van der Waals surface area contributed by atoms with E-state index in [1.54, 1.807) is 24.3 Å².